The first-order chi connectivity index (χ1) is 5.81. The van der Waals surface area contributed by atoms with E-state index in [1.807, 2.05) is 0 Å². The lowest BCUT2D eigenvalue weighted by molar-refractivity contribution is 0.00281. The zero-order valence-corrected chi connectivity index (χ0v) is 7.72. The molecule has 0 aromatic rings. The summed E-state index contributed by atoms with van der Waals surface area (Å²) >= 11 is 0. The van der Waals surface area contributed by atoms with Gasteiger partial charge in [0.25, 0.3) is 0 Å². The Balaban J connectivity index is 1.91. The Labute approximate surface area is 74.2 Å². The van der Waals surface area contributed by atoms with Gasteiger partial charge in [0, 0.05) is 11.5 Å². The molecular weight excluding hydrogens is 146 g/mol. The highest BCUT2D eigenvalue weighted by atomic mass is 15.0. The van der Waals surface area contributed by atoms with Crippen molar-refractivity contribution in [2.45, 2.75) is 38.1 Å². The third kappa shape index (κ3) is 0.657. The van der Waals surface area contributed by atoms with Gasteiger partial charge in [-0.05, 0) is 43.7 Å². The molecule has 1 spiro atoms. The predicted molar refractivity (Wildman–Crippen MR) is 49.6 cm³/mol. The quantitative estimate of drug-likeness (QED) is 0.578. The van der Waals surface area contributed by atoms with E-state index in [9.17, 15) is 0 Å². The van der Waals surface area contributed by atoms with Crippen LogP contribution in [0.25, 0.3) is 0 Å². The van der Waals surface area contributed by atoms with Gasteiger partial charge >= 0.3 is 0 Å². The van der Waals surface area contributed by atoms with Crippen LogP contribution in [0.4, 0.5) is 0 Å². The van der Waals surface area contributed by atoms with Gasteiger partial charge in [-0.3, -0.25) is 0 Å². The fourth-order valence-corrected chi connectivity index (χ4v) is 3.57. The molecule has 12 heavy (non-hydrogen) atoms. The average molecular weight is 163 g/mol. The van der Waals surface area contributed by atoms with E-state index in [1.165, 1.54) is 25.7 Å². The van der Waals surface area contributed by atoms with Gasteiger partial charge in [0.05, 0.1) is 0 Å². The van der Waals surface area contributed by atoms with E-state index in [0.29, 0.717) is 5.54 Å². The van der Waals surface area contributed by atoms with Crippen molar-refractivity contribution in [3.05, 3.63) is 12.3 Å². The second-order valence-electron chi connectivity index (χ2n) is 4.96. The van der Waals surface area contributed by atoms with E-state index >= 15 is 0 Å². The number of nitrogens with one attached hydrogen (secondary N) is 1. The molecule has 2 aliphatic carbocycles. The van der Waals surface area contributed by atoms with E-state index in [2.05, 4.69) is 24.5 Å². The second kappa shape index (κ2) is 2.07. The molecule has 0 aromatic heterocycles. The van der Waals surface area contributed by atoms with Gasteiger partial charge in [0.2, 0.25) is 0 Å². The molecule has 3 aliphatic rings. The van der Waals surface area contributed by atoms with Crippen LogP contribution in [-0.2, 0) is 0 Å². The van der Waals surface area contributed by atoms with E-state index in [-0.39, 0.29) is 0 Å². The summed E-state index contributed by atoms with van der Waals surface area (Å²) in [5, 5.41) is 3.61. The molecule has 1 heterocycles. The summed E-state index contributed by atoms with van der Waals surface area (Å²) in [5.74, 6) is 2.80. The van der Waals surface area contributed by atoms with Crippen LogP contribution < -0.4 is 5.32 Å². The number of rotatable bonds is 0. The Bertz CT molecular complexity index is 233. The van der Waals surface area contributed by atoms with Crippen molar-refractivity contribution in [1.29, 1.82) is 0 Å². The molecule has 66 valence electrons. The third-order valence-corrected chi connectivity index (χ3v) is 4.32. The SMILES string of the molecule is CC1CC2C=CN[C@]23CCC3C1. The minimum atomic E-state index is 0.548. The van der Waals surface area contributed by atoms with Crippen LogP contribution in [0.5, 0.6) is 0 Å². The van der Waals surface area contributed by atoms with Crippen molar-refractivity contribution in [2.75, 3.05) is 0 Å². The summed E-state index contributed by atoms with van der Waals surface area (Å²) < 4.78 is 0. The maximum atomic E-state index is 3.61. The minimum absolute atomic E-state index is 0.548. The van der Waals surface area contributed by atoms with Crippen molar-refractivity contribution < 1.29 is 0 Å². The van der Waals surface area contributed by atoms with Crippen molar-refractivity contribution in [3.63, 3.8) is 0 Å². The van der Waals surface area contributed by atoms with Gasteiger partial charge < -0.3 is 5.32 Å². The molecule has 2 saturated carbocycles. The number of hydrogen-bond donors (Lipinski definition) is 1. The van der Waals surface area contributed by atoms with Crippen LogP contribution in [-0.4, -0.2) is 5.54 Å². The fourth-order valence-electron chi connectivity index (χ4n) is 3.57. The standard InChI is InChI=1S/C11H17N/c1-8-6-9-2-4-11(9)10(7-8)3-5-12-11/h3,5,8-10,12H,2,4,6-7H2,1H3/t8?,9?,10?,11-/m0/s1. The van der Waals surface area contributed by atoms with Crippen LogP contribution in [0.1, 0.15) is 32.6 Å². The third-order valence-electron chi connectivity index (χ3n) is 4.32. The Morgan fingerprint density at radius 3 is 3.08 bits per heavy atom. The van der Waals surface area contributed by atoms with Gasteiger partial charge in [-0.25, -0.2) is 0 Å². The average Bonchev–Trinajstić information content (AvgIpc) is 2.43. The van der Waals surface area contributed by atoms with Crippen LogP contribution in [0, 0.1) is 17.8 Å². The van der Waals surface area contributed by atoms with Crippen molar-refractivity contribution in [2.24, 2.45) is 17.8 Å². The second-order valence-corrected chi connectivity index (χ2v) is 4.96. The Morgan fingerprint density at radius 2 is 2.33 bits per heavy atom. The highest BCUT2D eigenvalue weighted by molar-refractivity contribution is 5.21. The fraction of sp³-hybridized carbons (Fsp3) is 0.818. The maximum Gasteiger partial charge on any atom is 0.0459 e. The largest absolute Gasteiger partial charge is 0.385 e. The zero-order valence-electron chi connectivity index (χ0n) is 7.72. The molecule has 1 N–H and O–H groups in total. The highest BCUT2D eigenvalue weighted by Gasteiger charge is 2.55. The molecule has 0 bridgehead atoms. The van der Waals surface area contributed by atoms with Gasteiger partial charge in [0.15, 0.2) is 0 Å². The molecule has 0 aromatic carbocycles. The van der Waals surface area contributed by atoms with Crippen molar-refractivity contribution >= 4 is 0 Å². The summed E-state index contributed by atoms with van der Waals surface area (Å²) in [6, 6.07) is 0. The Morgan fingerprint density at radius 1 is 1.42 bits per heavy atom. The molecule has 3 unspecified atom stereocenters. The summed E-state index contributed by atoms with van der Waals surface area (Å²) in [5.41, 5.74) is 0.548. The molecule has 3 rings (SSSR count). The monoisotopic (exact) mass is 163 g/mol. The molecule has 1 aliphatic heterocycles. The Kier molecular flexibility index (Phi) is 1.20. The Hall–Kier alpha value is -0.460. The van der Waals surface area contributed by atoms with Crippen LogP contribution in [0.15, 0.2) is 12.3 Å². The molecule has 0 saturated heterocycles. The van der Waals surface area contributed by atoms with Crippen molar-refractivity contribution in [1.82, 2.24) is 5.32 Å². The number of hydrogen-bond acceptors (Lipinski definition) is 1. The molecule has 1 nitrogen and oxygen atoms in total. The lowest BCUT2D eigenvalue weighted by Crippen LogP contribution is -2.61. The summed E-state index contributed by atoms with van der Waals surface area (Å²) in [4.78, 5) is 0. The van der Waals surface area contributed by atoms with Gasteiger partial charge in [-0.15, -0.1) is 0 Å². The topological polar surface area (TPSA) is 12.0 Å². The summed E-state index contributed by atoms with van der Waals surface area (Å²) in [6.45, 7) is 2.41. The van der Waals surface area contributed by atoms with Gasteiger partial charge in [0.1, 0.15) is 0 Å². The van der Waals surface area contributed by atoms with E-state index in [0.717, 1.165) is 17.8 Å². The lowest BCUT2D eigenvalue weighted by atomic mass is 9.53. The first kappa shape index (κ1) is 6.99. The van der Waals surface area contributed by atoms with E-state index in [1.54, 1.807) is 0 Å². The lowest BCUT2D eigenvalue weighted by Gasteiger charge is -2.56. The molecular formula is C11H17N. The maximum absolute atomic E-state index is 3.61. The first-order valence-corrected chi connectivity index (χ1v) is 5.25. The highest BCUT2D eigenvalue weighted by Crippen LogP contribution is 2.55. The van der Waals surface area contributed by atoms with E-state index < -0.39 is 0 Å². The smallest absolute Gasteiger partial charge is 0.0459 e. The molecule has 4 atom stereocenters. The van der Waals surface area contributed by atoms with Crippen LogP contribution >= 0.6 is 0 Å². The summed E-state index contributed by atoms with van der Waals surface area (Å²) in [6.07, 6.45) is 10.4. The van der Waals surface area contributed by atoms with Crippen molar-refractivity contribution in [3.8, 4) is 0 Å². The first-order valence-electron chi connectivity index (χ1n) is 5.25. The molecule has 0 radical (unpaired) electrons. The van der Waals surface area contributed by atoms with Crippen LogP contribution in [0.2, 0.25) is 0 Å². The summed E-state index contributed by atoms with van der Waals surface area (Å²) in [7, 11) is 0. The normalized spacial score (nSPS) is 55.2. The van der Waals surface area contributed by atoms with E-state index in [4.69, 9.17) is 0 Å². The molecule has 0 amide bonds. The minimum Gasteiger partial charge on any atom is -0.385 e. The zero-order chi connectivity index (χ0) is 8.18. The van der Waals surface area contributed by atoms with Gasteiger partial charge in [-0.2, -0.15) is 0 Å². The van der Waals surface area contributed by atoms with Crippen LogP contribution in [0.3, 0.4) is 0 Å². The predicted octanol–water partition coefficient (Wildman–Crippen LogP) is 2.30. The molecule has 1 heteroatoms. The van der Waals surface area contributed by atoms with Gasteiger partial charge in [-0.1, -0.05) is 13.0 Å². The molecule has 2 fully saturated rings.